The van der Waals surface area contributed by atoms with Gasteiger partial charge in [0.1, 0.15) is 11.0 Å². The van der Waals surface area contributed by atoms with Gasteiger partial charge >= 0.3 is 0 Å². The zero-order chi connectivity index (χ0) is 17.0. The van der Waals surface area contributed by atoms with Crippen molar-refractivity contribution in [1.82, 2.24) is 8.75 Å². The molecule has 8 heteroatoms. The summed E-state index contributed by atoms with van der Waals surface area (Å²) in [6.07, 6.45) is 0.326. The number of amides is 1. The largest absolute Gasteiger partial charge is 0.493 e. The van der Waals surface area contributed by atoms with Crippen LogP contribution < -0.4 is 19.5 Å². The molecule has 0 fully saturated rings. The number of nitrogens with one attached hydrogen (secondary N) is 1. The van der Waals surface area contributed by atoms with E-state index < -0.39 is 0 Å². The molecule has 1 unspecified atom stereocenters. The van der Waals surface area contributed by atoms with E-state index in [9.17, 15) is 4.79 Å². The van der Waals surface area contributed by atoms with Crippen molar-refractivity contribution < 1.29 is 19.0 Å². The third kappa shape index (κ3) is 2.14. The highest BCUT2D eigenvalue weighted by Crippen LogP contribution is 2.47. The Bertz CT molecular complexity index is 1020. The third-order valence-electron chi connectivity index (χ3n) is 4.56. The molecule has 3 aromatic rings. The zero-order valence-corrected chi connectivity index (χ0v) is 14.1. The van der Waals surface area contributed by atoms with E-state index in [-0.39, 0.29) is 18.6 Å². The average molecular weight is 355 g/mol. The predicted molar refractivity (Wildman–Crippen MR) is 91.6 cm³/mol. The van der Waals surface area contributed by atoms with Crippen LogP contribution in [0.1, 0.15) is 23.5 Å². The van der Waals surface area contributed by atoms with Gasteiger partial charge in [-0.3, -0.25) is 4.79 Å². The molecule has 3 heterocycles. The summed E-state index contributed by atoms with van der Waals surface area (Å²) in [5.74, 6) is 1.64. The number of rotatable bonds is 2. The first-order chi connectivity index (χ1) is 12.2. The van der Waals surface area contributed by atoms with Crippen molar-refractivity contribution >= 4 is 34.4 Å². The molecule has 0 spiro atoms. The Kier molecular flexibility index (Phi) is 3.08. The van der Waals surface area contributed by atoms with Gasteiger partial charge in [0.25, 0.3) is 0 Å². The first-order valence-electron chi connectivity index (χ1n) is 7.77. The van der Waals surface area contributed by atoms with Gasteiger partial charge in [-0.1, -0.05) is 0 Å². The van der Waals surface area contributed by atoms with E-state index in [4.69, 9.17) is 14.2 Å². The number of ether oxygens (including phenoxy) is 3. The van der Waals surface area contributed by atoms with Crippen LogP contribution in [0.4, 0.5) is 5.69 Å². The number of hydrogen-bond acceptors (Lipinski definition) is 7. The number of nitrogens with zero attached hydrogens (tertiary/aromatic N) is 2. The van der Waals surface area contributed by atoms with Gasteiger partial charge in [0.15, 0.2) is 11.5 Å². The highest BCUT2D eigenvalue weighted by atomic mass is 32.1. The van der Waals surface area contributed by atoms with E-state index >= 15 is 0 Å². The van der Waals surface area contributed by atoms with Crippen LogP contribution in [0.5, 0.6) is 17.2 Å². The summed E-state index contributed by atoms with van der Waals surface area (Å²) in [4.78, 5) is 12.2. The predicted octanol–water partition coefficient (Wildman–Crippen LogP) is 2.90. The van der Waals surface area contributed by atoms with E-state index in [1.807, 2.05) is 24.3 Å². The standard InChI is InChI=1S/C17H13N3O4S/c1-22-12-4-8(5-13-17(12)24-7-23-13)9-6-14(21)18-10-2-3-11-16(15(9)10)20-25-19-11/h2-5,9H,6-7H2,1H3,(H,18,21). The van der Waals surface area contributed by atoms with E-state index in [2.05, 4.69) is 14.1 Å². The number of anilines is 1. The molecule has 25 heavy (non-hydrogen) atoms. The molecule has 5 rings (SSSR count). The molecule has 0 bridgehead atoms. The summed E-state index contributed by atoms with van der Waals surface area (Å²) in [6, 6.07) is 7.57. The maximum atomic E-state index is 12.2. The second-order valence-electron chi connectivity index (χ2n) is 5.92. The normalized spacial score (nSPS) is 18.1. The maximum Gasteiger partial charge on any atom is 0.231 e. The number of fused-ring (bicyclic) bond motifs is 4. The maximum absolute atomic E-state index is 12.2. The van der Waals surface area contributed by atoms with Crippen molar-refractivity contribution in [3.63, 3.8) is 0 Å². The number of aromatic nitrogens is 2. The second kappa shape index (κ2) is 5.32. The summed E-state index contributed by atoms with van der Waals surface area (Å²) in [6.45, 7) is 0.164. The van der Waals surface area contributed by atoms with E-state index in [1.165, 1.54) is 11.7 Å². The van der Waals surface area contributed by atoms with Gasteiger partial charge in [-0.05, 0) is 29.8 Å². The van der Waals surface area contributed by atoms with Crippen molar-refractivity contribution in [2.24, 2.45) is 0 Å². The minimum Gasteiger partial charge on any atom is -0.493 e. The van der Waals surface area contributed by atoms with Crippen molar-refractivity contribution in [2.75, 3.05) is 19.2 Å². The lowest BCUT2D eigenvalue weighted by Crippen LogP contribution is -2.23. The van der Waals surface area contributed by atoms with Crippen LogP contribution in [-0.4, -0.2) is 28.6 Å². The Morgan fingerprint density at radius 2 is 2.20 bits per heavy atom. The highest BCUT2D eigenvalue weighted by molar-refractivity contribution is 7.00. The quantitative estimate of drug-likeness (QED) is 0.761. The van der Waals surface area contributed by atoms with Crippen LogP contribution in [0, 0.1) is 0 Å². The number of methoxy groups -OCH3 is 1. The monoisotopic (exact) mass is 355 g/mol. The molecule has 1 amide bonds. The van der Waals surface area contributed by atoms with Crippen LogP contribution in [-0.2, 0) is 4.79 Å². The summed E-state index contributed by atoms with van der Waals surface area (Å²) in [5, 5.41) is 2.93. The summed E-state index contributed by atoms with van der Waals surface area (Å²) >= 11 is 1.17. The Balaban J connectivity index is 1.73. The molecule has 1 aromatic heterocycles. The van der Waals surface area contributed by atoms with E-state index in [0.29, 0.717) is 23.7 Å². The van der Waals surface area contributed by atoms with Crippen molar-refractivity contribution in [3.05, 3.63) is 35.4 Å². The Hall–Kier alpha value is -2.87. The molecule has 0 radical (unpaired) electrons. The van der Waals surface area contributed by atoms with Crippen molar-refractivity contribution in [1.29, 1.82) is 0 Å². The van der Waals surface area contributed by atoms with Gasteiger partial charge < -0.3 is 19.5 Å². The van der Waals surface area contributed by atoms with E-state index in [1.54, 1.807) is 7.11 Å². The van der Waals surface area contributed by atoms with Crippen LogP contribution in [0.3, 0.4) is 0 Å². The van der Waals surface area contributed by atoms with Gasteiger partial charge in [0, 0.05) is 23.6 Å². The molecule has 0 aliphatic carbocycles. The first kappa shape index (κ1) is 14.5. The van der Waals surface area contributed by atoms with Crippen LogP contribution >= 0.6 is 11.7 Å². The second-order valence-corrected chi connectivity index (χ2v) is 6.45. The topological polar surface area (TPSA) is 82.6 Å². The van der Waals surface area contributed by atoms with Crippen LogP contribution in [0.15, 0.2) is 24.3 Å². The first-order valence-corrected chi connectivity index (χ1v) is 8.50. The molecule has 7 nitrogen and oxygen atoms in total. The third-order valence-corrected chi connectivity index (χ3v) is 5.10. The van der Waals surface area contributed by atoms with Gasteiger partial charge in [-0.25, -0.2) is 0 Å². The van der Waals surface area contributed by atoms with Gasteiger partial charge in [0.2, 0.25) is 18.4 Å². The molecule has 1 N–H and O–H groups in total. The summed E-state index contributed by atoms with van der Waals surface area (Å²) in [7, 11) is 1.59. The number of carbonyl (C=O) groups is 1. The lowest BCUT2D eigenvalue weighted by Gasteiger charge is -2.26. The molecule has 2 aromatic carbocycles. The van der Waals surface area contributed by atoms with Crippen molar-refractivity contribution in [3.8, 4) is 17.2 Å². The number of carbonyl (C=O) groups excluding carboxylic acids is 1. The lowest BCUT2D eigenvalue weighted by atomic mass is 9.83. The van der Waals surface area contributed by atoms with Crippen molar-refractivity contribution in [2.45, 2.75) is 12.3 Å². The smallest absolute Gasteiger partial charge is 0.231 e. The molecule has 2 aliphatic rings. The number of hydrogen-bond donors (Lipinski definition) is 1. The highest BCUT2D eigenvalue weighted by Gasteiger charge is 2.32. The SMILES string of the molecule is COc1cc(C2CC(=O)Nc3ccc4nsnc4c32)cc2c1OCO2. The Morgan fingerprint density at radius 1 is 1.28 bits per heavy atom. The van der Waals surface area contributed by atoms with Crippen LogP contribution in [0.25, 0.3) is 11.0 Å². The molecule has 1 atom stereocenters. The lowest BCUT2D eigenvalue weighted by molar-refractivity contribution is -0.116. The Labute approximate surface area is 146 Å². The fraction of sp³-hybridized carbons (Fsp3) is 0.235. The zero-order valence-electron chi connectivity index (χ0n) is 13.2. The molecule has 2 aliphatic heterocycles. The molecular weight excluding hydrogens is 342 g/mol. The van der Waals surface area contributed by atoms with Crippen LogP contribution in [0.2, 0.25) is 0 Å². The fourth-order valence-electron chi connectivity index (χ4n) is 3.46. The molecule has 126 valence electrons. The summed E-state index contributed by atoms with van der Waals surface area (Å²) < 4.78 is 25.2. The van der Waals surface area contributed by atoms with Gasteiger partial charge in [-0.15, -0.1) is 0 Å². The van der Waals surface area contributed by atoms with E-state index in [0.717, 1.165) is 27.8 Å². The minimum absolute atomic E-state index is 0.0309. The fourth-order valence-corrected chi connectivity index (χ4v) is 4.01. The number of benzene rings is 2. The Morgan fingerprint density at radius 3 is 3.08 bits per heavy atom. The molecule has 0 saturated carbocycles. The van der Waals surface area contributed by atoms with Gasteiger partial charge in [0.05, 0.1) is 18.8 Å². The van der Waals surface area contributed by atoms with Gasteiger partial charge in [-0.2, -0.15) is 8.75 Å². The minimum atomic E-state index is -0.153. The molecule has 0 saturated heterocycles. The average Bonchev–Trinajstić information content (AvgIpc) is 3.28. The molecular formula is C17H13N3O4S. The summed E-state index contributed by atoms with van der Waals surface area (Å²) in [5.41, 5.74) is 4.34.